The molecule has 2 fully saturated rings. The molecule has 0 aromatic rings. The fourth-order valence-electron chi connectivity index (χ4n) is 3.28. The molecular formula is C13H26N2O2S. The molecule has 1 aliphatic carbocycles. The van der Waals surface area contributed by atoms with Crippen LogP contribution in [0.25, 0.3) is 0 Å². The molecule has 0 bridgehead atoms. The molecule has 0 spiro atoms. The summed E-state index contributed by atoms with van der Waals surface area (Å²) in [6.07, 6.45) is 4.57. The highest BCUT2D eigenvalue weighted by Gasteiger charge is 2.48. The van der Waals surface area contributed by atoms with E-state index in [9.17, 15) is 8.42 Å². The quantitative estimate of drug-likeness (QED) is 0.825. The Balaban J connectivity index is 1.83. The zero-order valence-electron chi connectivity index (χ0n) is 11.9. The third kappa shape index (κ3) is 3.06. The summed E-state index contributed by atoms with van der Waals surface area (Å²) in [5.74, 6) is 0.741. The van der Waals surface area contributed by atoms with E-state index in [0.29, 0.717) is 18.0 Å². The van der Waals surface area contributed by atoms with Gasteiger partial charge in [0, 0.05) is 25.2 Å². The number of hydrogen-bond donors (Lipinski definition) is 1. The Morgan fingerprint density at radius 2 is 2.06 bits per heavy atom. The molecule has 5 heteroatoms. The maximum Gasteiger partial charge on any atom is 0.211 e. The van der Waals surface area contributed by atoms with Crippen LogP contribution in [0.15, 0.2) is 0 Å². The lowest BCUT2D eigenvalue weighted by Crippen LogP contribution is -2.44. The van der Waals surface area contributed by atoms with Crippen molar-refractivity contribution in [3.63, 3.8) is 0 Å². The van der Waals surface area contributed by atoms with Gasteiger partial charge in [0.15, 0.2) is 0 Å². The molecular weight excluding hydrogens is 248 g/mol. The Bertz CT molecular complexity index is 405. The predicted octanol–water partition coefficient (Wildman–Crippen LogP) is 1.43. The van der Waals surface area contributed by atoms with Crippen molar-refractivity contribution in [1.29, 1.82) is 0 Å². The summed E-state index contributed by atoms with van der Waals surface area (Å²) in [6.45, 7) is 8.30. The van der Waals surface area contributed by atoms with E-state index >= 15 is 0 Å². The molecule has 2 aliphatic rings. The molecule has 4 nitrogen and oxygen atoms in total. The van der Waals surface area contributed by atoms with Gasteiger partial charge in [-0.1, -0.05) is 13.8 Å². The van der Waals surface area contributed by atoms with E-state index in [0.717, 1.165) is 25.3 Å². The highest BCUT2D eigenvalue weighted by molar-refractivity contribution is 7.88. The molecule has 106 valence electrons. The lowest BCUT2D eigenvalue weighted by Gasteiger charge is -2.25. The summed E-state index contributed by atoms with van der Waals surface area (Å²) < 4.78 is 24.9. The number of rotatable bonds is 5. The normalized spacial score (nSPS) is 33.6. The van der Waals surface area contributed by atoms with Crippen LogP contribution in [0.1, 0.15) is 40.0 Å². The lowest BCUT2D eigenvalue weighted by atomic mass is 10.0. The molecule has 1 aliphatic heterocycles. The van der Waals surface area contributed by atoms with Crippen LogP contribution < -0.4 is 5.32 Å². The summed E-state index contributed by atoms with van der Waals surface area (Å²) in [5, 5.41) is 3.54. The molecule has 2 unspecified atom stereocenters. The molecule has 2 rings (SSSR count). The van der Waals surface area contributed by atoms with Gasteiger partial charge in [-0.3, -0.25) is 0 Å². The molecule has 1 heterocycles. The third-order valence-electron chi connectivity index (χ3n) is 4.62. The zero-order chi connectivity index (χ0) is 13.6. The zero-order valence-corrected chi connectivity index (χ0v) is 12.8. The standard InChI is InChI=1S/C13H26N2O2S/c1-10(12-8-13(12,2)3)14-9-11-6-5-7-15(11)18(4,16)17/h10-12,14H,5-9H2,1-4H3/t10?,11-,12?/m1/s1. The maximum absolute atomic E-state index is 11.6. The summed E-state index contributed by atoms with van der Waals surface area (Å²) in [6, 6.07) is 0.645. The van der Waals surface area contributed by atoms with E-state index in [1.807, 2.05) is 0 Å². The van der Waals surface area contributed by atoms with Gasteiger partial charge >= 0.3 is 0 Å². The Morgan fingerprint density at radius 1 is 1.44 bits per heavy atom. The lowest BCUT2D eigenvalue weighted by molar-refractivity contribution is 0.343. The Morgan fingerprint density at radius 3 is 2.56 bits per heavy atom. The fraction of sp³-hybridized carbons (Fsp3) is 1.00. The van der Waals surface area contributed by atoms with Crippen LogP contribution in [0.3, 0.4) is 0 Å². The first-order valence-corrected chi connectivity index (χ1v) is 8.77. The first kappa shape index (κ1) is 14.3. The average molecular weight is 274 g/mol. The number of nitrogens with zero attached hydrogens (tertiary/aromatic N) is 1. The number of hydrogen-bond acceptors (Lipinski definition) is 3. The molecule has 1 saturated carbocycles. The van der Waals surface area contributed by atoms with Crippen molar-refractivity contribution < 1.29 is 8.42 Å². The van der Waals surface area contributed by atoms with Gasteiger partial charge in [0.05, 0.1) is 6.26 Å². The predicted molar refractivity (Wildman–Crippen MR) is 73.9 cm³/mol. The average Bonchev–Trinajstić information content (AvgIpc) is 2.70. The van der Waals surface area contributed by atoms with Gasteiger partial charge in [0.2, 0.25) is 10.0 Å². The number of nitrogens with one attached hydrogen (secondary N) is 1. The SMILES string of the molecule is CC(NC[C@H]1CCCN1S(C)(=O)=O)C1CC1(C)C. The third-order valence-corrected chi connectivity index (χ3v) is 5.95. The fourth-order valence-corrected chi connectivity index (χ4v) is 4.46. The van der Waals surface area contributed by atoms with E-state index in [4.69, 9.17) is 0 Å². The van der Waals surface area contributed by atoms with Crippen molar-refractivity contribution >= 4 is 10.0 Å². The molecule has 0 aromatic carbocycles. The van der Waals surface area contributed by atoms with Crippen molar-refractivity contribution in [3.8, 4) is 0 Å². The van der Waals surface area contributed by atoms with Crippen molar-refractivity contribution in [1.82, 2.24) is 9.62 Å². The van der Waals surface area contributed by atoms with E-state index in [1.165, 1.54) is 12.7 Å². The van der Waals surface area contributed by atoms with Crippen molar-refractivity contribution in [2.75, 3.05) is 19.3 Å². The van der Waals surface area contributed by atoms with Gasteiger partial charge in [-0.2, -0.15) is 4.31 Å². The van der Waals surface area contributed by atoms with Gasteiger partial charge in [-0.25, -0.2) is 8.42 Å². The van der Waals surface area contributed by atoms with Gasteiger partial charge < -0.3 is 5.32 Å². The second kappa shape index (κ2) is 4.76. The van der Waals surface area contributed by atoms with Crippen LogP contribution in [-0.2, 0) is 10.0 Å². The van der Waals surface area contributed by atoms with Crippen molar-refractivity contribution in [3.05, 3.63) is 0 Å². The molecule has 3 atom stereocenters. The minimum absolute atomic E-state index is 0.157. The molecule has 0 aromatic heterocycles. The van der Waals surface area contributed by atoms with Crippen LogP contribution in [0.5, 0.6) is 0 Å². The largest absolute Gasteiger partial charge is 0.312 e. The van der Waals surface area contributed by atoms with E-state index in [-0.39, 0.29) is 6.04 Å². The van der Waals surface area contributed by atoms with Crippen molar-refractivity contribution in [2.45, 2.75) is 52.1 Å². The molecule has 0 radical (unpaired) electrons. The van der Waals surface area contributed by atoms with E-state index < -0.39 is 10.0 Å². The summed E-state index contributed by atoms with van der Waals surface area (Å²) in [7, 11) is -3.03. The van der Waals surface area contributed by atoms with E-state index in [1.54, 1.807) is 4.31 Å². The first-order chi connectivity index (χ1) is 8.22. The van der Waals surface area contributed by atoms with Crippen LogP contribution >= 0.6 is 0 Å². The van der Waals surface area contributed by atoms with E-state index in [2.05, 4.69) is 26.1 Å². The minimum atomic E-state index is -3.03. The Labute approximate surface area is 111 Å². The molecule has 1 saturated heterocycles. The summed E-state index contributed by atoms with van der Waals surface area (Å²) in [4.78, 5) is 0. The van der Waals surface area contributed by atoms with Crippen LogP contribution in [-0.4, -0.2) is 44.2 Å². The number of sulfonamides is 1. The summed E-state index contributed by atoms with van der Waals surface area (Å²) >= 11 is 0. The Hall–Kier alpha value is -0.130. The van der Waals surface area contributed by atoms with Crippen molar-refractivity contribution in [2.24, 2.45) is 11.3 Å². The highest BCUT2D eigenvalue weighted by atomic mass is 32.2. The van der Waals surface area contributed by atoms with Crippen LogP contribution in [0.2, 0.25) is 0 Å². The van der Waals surface area contributed by atoms with Gasteiger partial charge in [-0.05, 0) is 37.5 Å². The molecule has 0 amide bonds. The second-order valence-corrected chi connectivity index (χ2v) is 8.60. The second-order valence-electron chi connectivity index (χ2n) is 6.67. The molecule has 1 N–H and O–H groups in total. The van der Waals surface area contributed by atoms with Crippen LogP contribution in [0.4, 0.5) is 0 Å². The first-order valence-electron chi connectivity index (χ1n) is 6.92. The minimum Gasteiger partial charge on any atom is -0.312 e. The van der Waals surface area contributed by atoms with Gasteiger partial charge in [-0.15, -0.1) is 0 Å². The van der Waals surface area contributed by atoms with Gasteiger partial charge in [0.1, 0.15) is 0 Å². The maximum atomic E-state index is 11.6. The smallest absolute Gasteiger partial charge is 0.211 e. The monoisotopic (exact) mass is 274 g/mol. The summed E-state index contributed by atoms with van der Waals surface area (Å²) in [5.41, 5.74) is 0.471. The molecule has 18 heavy (non-hydrogen) atoms. The topological polar surface area (TPSA) is 49.4 Å². The van der Waals surface area contributed by atoms with Gasteiger partial charge in [0.25, 0.3) is 0 Å². The van der Waals surface area contributed by atoms with Crippen LogP contribution in [0, 0.1) is 11.3 Å². The highest BCUT2D eigenvalue weighted by Crippen LogP contribution is 2.53. The Kier molecular flexibility index (Phi) is 3.78.